The van der Waals surface area contributed by atoms with Crippen molar-refractivity contribution in [1.82, 2.24) is 4.57 Å². The van der Waals surface area contributed by atoms with Crippen molar-refractivity contribution in [2.24, 2.45) is 4.99 Å². The van der Waals surface area contributed by atoms with Crippen molar-refractivity contribution >= 4 is 27.5 Å². The number of fused-ring (bicyclic) bond motifs is 1. The molecule has 0 bridgehead atoms. The summed E-state index contributed by atoms with van der Waals surface area (Å²) in [6.45, 7) is 9.96. The highest BCUT2D eigenvalue weighted by atomic mass is 32.1. The average Bonchev–Trinajstić information content (AvgIpc) is 3.01. The molecular formula is C23H28N2O2S. The summed E-state index contributed by atoms with van der Waals surface area (Å²) >= 11 is 1.56. The summed E-state index contributed by atoms with van der Waals surface area (Å²) in [6, 6.07) is 11.6. The predicted octanol–water partition coefficient (Wildman–Crippen LogP) is 5.65. The molecule has 3 aromatic rings. The number of amides is 1. The van der Waals surface area contributed by atoms with Crippen molar-refractivity contribution in [2.45, 2.75) is 53.5 Å². The first-order chi connectivity index (χ1) is 13.5. The predicted molar refractivity (Wildman–Crippen MR) is 116 cm³/mol. The van der Waals surface area contributed by atoms with Crippen LogP contribution in [0, 0.1) is 13.8 Å². The van der Waals surface area contributed by atoms with Crippen molar-refractivity contribution in [1.29, 1.82) is 0 Å². The maximum Gasteiger partial charge on any atom is 0.279 e. The van der Waals surface area contributed by atoms with Gasteiger partial charge in [0.15, 0.2) is 4.80 Å². The van der Waals surface area contributed by atoms with Crippen molar-refractivity contribution in [3.63, 3.8) is 0 Å². The number of nitrogens with zero attached hydrogens (tertiary/aromatic N) is 2. The average molecular weight is 397 g/mol. The summed E-state index contributed by atoms with van der Waals surface area (Å²) < 4.78 is 8.98. The van der Waals surface area contributed by atoms with Gasteiger partial charge in [0.2, 0.25) is 0 Å². The molecule has 0 aliphatic heterocycles. The van der Waals surface area contributed by atoms with Crippen LogP contribution >= 0.6 is 11.3 Å². The SMILES string of the molecule is CCCCCOc1ccc(C(=O)N=c2sc3cc(C)c(C)cc3n2CC)cc1. The van der Waals surface area contributed by atoms with E-state index in [0.29, 0.717) is 12.2 Å². The fourth-order valence-corrected chi connectivity index (χ4v) is 4.27. The number of hydrogen-bond donors (Lipinski definition) is 0. The summed E-state index contributed by atoms with van der Waals surface area (Å²) in [5, 5.41) is 0. The second kappa shape index (κ2) is 9.20. The lowest BCUT2D eigenvalue weighted by Gasteiger charge is -2.06. The number of benzene rings is 2. The van der Waals surface area contributed by atoms with E-state index in [1.54, 1.807) is 23.5 Å². The topological polar surface area (TPSA) is 43.6 Å². The van der Waals surface area contributed by atoms with Gasteiger partial charge in [-0.25, -0.2) is 0 Å². The molecule has 0 N–H and O–H groups in total. The van der Waals surface area contributed by atoms with E-state index < -0.39 is 0 Å². The second-order valence-electron chi connectivity index (χ2n) is 7.03. The molecule has 5 heteroatoms. The number of unbranched alkanes of at least 4 members (excludes halogenated alkanes) is 2. The molecule has 0 saturated carbocycles. The van der Waals surface area contributed by atoms with Crippen LogP contribution in [0.1, 0.15) is 54.6 Å². The standard InChI is InChI=1S/C23H28N2O2S/c1-5-7-8-13-27-19-11-9-18(10-12-19)22(26)24-23-25(6-2)20-14-16(3)17(4)15-21(20)28-23/h9-12,14-15H,5-8,13H2,1-4H3. The highest BCUT2D eigenvalue weighted by molar-refractivity contribution is 7.16. The normalized spacial score (nSPS) is 11.9. The van der Waals surface area contributed by atoms with Crippen LogP contribution in [0.2, 0.25) is 0 Å². The minimum atomic E-state index is -0.222. The van der Waals surface area contributed by atoms with Gasteiger partial charge in [-0.15, -0.1) is 0 Å². The molecule has 1 aromatic heterocycles. The lowest BCUT2D eigenvalue weighted by atomic mass is 10.1. The van der Waals surface area contributed by atoms with E-state index in [9.17, 15) is 4.79 Å². The Hall–Kier alpha value is -2.40. The van der Waals surface area contributed by atoms with Crippen LogP contribution in [0.15, 0.2) is 41.4 Å². The first-order valence-electron chi connectivity index (χ1n) is 9.96. The van der Waals surface area contributed by atoms with E-state index in [0.717, 1.165) is 33.7 Å². The molecule has 3 rings (SSSR count). The van der Waals surface area contributed by atoms with Gasteiger partial charge >= 0.3 is 0 Å². The van der Waals surface area contributed by atoms with Crippen molar-refractivity contribution in [3.8, 4) is 5.75 Å². The van der Waals surface area contributed by atoms with Crippen LogP contribution < -0.4 is 9.54 Å². The summed E-state index contributed by atoms with van der Waals surface area (Å²) in [4.78, 5) is 17.8. The van der Waals surface area contributed by atoms with Gasteiger partial charge in [-0.2, -0.15) is 4.99 Å². The minimum absolute atomic E-state index is 0.222. The molecule has 148 valence electrons. The number of thiazole rings is 1. The molecule has 1 heterocycles. The zero-order chi connectivity index (χ0) is 20.1. The zero-order valence-electron chi connectivity index (χ0n) is 17.1. The first-order valence-corrected chi connectivity index (χ1v) is 10.8. The second-order valence-corrected chi connectivity index (χ2v) is 8.04. The Morgan fingerprint density at radius 1 is 1.07 bits per heavy atom. The Balaban J connectivity index is 1.84. The largest absolute Gasteiger partial charge is 0.494 e. The molecule has 0 unspecified atom stereocenters. The molecule has 28 heavy (non-hydrogen) atoms. The van der Waals surface area contributed by atoms with Crippen LogP contribution in [0.4, 0.5) is 0 Å². The highest BCUT2D eigenvalue weighted by Gasteiger charge is 2.10. The first kappa shape index (κ1) is 20.3. The minimum Gasteiger partial charge on any atom is -0.494 e. The molecule has 1 amide bonds. The molecule has 0 atom stereocenters. The summed E-state index contributed by atoms with van der Waals surface area (Å²) in [7, 11) is 0. The number of carbonyl (C=O) groups excluding carboxylic acids is 1. The monoisotopic (exact) mass is 396 g/mol. The Labute approximate surface area is 170 Å². The van der Waals surface area contributed by atoms with Gasteiger partial charge in [-0.05, 0) is 74.7 Å². The van der Waals surface area contributed by atoms with Gasteiger partial charge in [0.25, 0.3) is 5.91 Å². The lowest BCUT2D eigenvalue weighted by molar-refractivity contribution is 0.0998. The van der Waals surface area contributed by atoms with Crippen LogP contribution in [-0.4, -0.2) is 17.1 Å². The quantitative estimate of drug-likeness (QED) is 0.484. The molecule has 0 fully saturated rings. The number of carbonyl (C=O) groups is 1. The number of ether oxygens (including phenoxy) is 1. The Morgan fingerprint density at radius 2 is 1.79 bits per heavy atom. The number of rotatable bonds is 7. The van der Waals surface area contributed by atoms with Gasteiger partial charge in [0, 0.05) is 12.1 Å². The molecule has 0 saturated heterocycles. The molecular weight excluding hydrogens is 368 g/mol. The van der Waals surface area contributed by atoms with Gasteiger partial charge in [0.1, 0.15) is 5.75 Å². The van der Waals surface area contributed by atoms with Gasteiger partial charge in [-0.3, -0.25) is 4.79 Å². The van der Waals surface area contributed by atoms with E-state index in [-0.39, 0.29) is 5.91 Å². The van der Waals surface area contributed by atoms with E-state index >= 15 is 0 Å². The van der Waals surface area contributed by atoms with Gasteiger partial charge in [0.05, 0.1) is 16.8 Å². The summed E-state index contributed by atoms with van der Waals surface area (Å²) in [5.41, 5.74) is 4.22. The van der Waals surface area contributed by atoms with E-state index in [1.807, 2.05) is 12.1 Å². The lowest BCUT2D eigenvalue weighted by Crippen LogP contribution is -2.16. The summed E-state index contributed by atoms with van der Waals surface area (Å²) in [5.74, 6) is 0.573. The molecule has 0 aliphatic rings. The number of hydrogen-bond acceptors (Lipinski definition) is 3. The van der Waals surface area contributed by atoms with Gasteiger partial charge in [-0.1, -0.05) is 31.1 Å². The van der Waals surface area contributed by atoms with Crippen molar-refractivity contribution < 1.29 is 9.53 Å². The summed E-state index contributed by atoms with van der Waals surface area (Å²) in [6.07, 6.45) is 3.39. The third-order valence-electron chi connectivity index (χ3n) is 4.93. The van der Waals surface area contributed by atoms with Crippen LogP contribution in [0.25, 0.3) is 10.2 Å². The van der Waals surface area contributed by atoms with Crippen LogP contribution in [0.5, 0.6) is 5.75 Å². The Kier molecular flexibility index (Phi) is 6.68. The third kappa shape index (κ3) is 4.53. The smallest absolute Gasteiger partial charge is 0.279 e. The maximum atomic E-state index is 12.7. The molecule has 0 aliphatic carbocycles. The van der Waals surface area contributed by atoms with Crippen LogP contribution in [-0.2, 0) is 6.54 Å². The number of aryl methyl sites for hydroxylation is 3. The van der Waals surface area contributed by atoms with Gasteiger partial charge < -0.3 is 9.30 Å². The van der Waals surface area contributed by atoms with Crippen molar-refractivity contribution in [3.05, 3.63) is 57.9 Å². The molecule has 0 radical (unpaired) electrons. The molecule has 2 aromatic carbocycles. The highest BCUT2D eigenvalue weighted by Crippen LogP contribution is 2.22. The van der Waals surface area contributed by atoms with E-state index in [2.05, 4.69) is 49.4 Å². The van der Waals surface area contributed by atoms with E-state index in [4.69, 9.17) is 4.74 Å². The fourth-order valence-electron chi connectivity index (χ4n) is 3.10. The Morgan fingerprint density at radius 3 is 2.46 bits per heavy atom. The van der Waals surface area contributed by atoms with Crippen LogP contribution in [0.3, 0.4) is 0 Å². The fraction of sp³-hybridized carbons (Fsp3) is 0.391. The Bertz CT molecular complexity index is 1030. The van der Waals surface area contributed by atoms with Crippen molar-refractivity contribution in [2.75, 3.05) is 6.61 Å². The molecule has 0 spiro atoms. The molecule has 4 nitrogen and oxygen atoms in total. The number of aromatic nitrogens is 1. The maximum absolute atomic E-state index is 12.7. The third-order valence-corrected chi connectivity index (χ3v) is 5.97. The van der Waals surface area contributed by atoms with E-state index in [1.165, 1.54) is 24.0 Å². The zero-order valence-corrected chi connectivity index (χ0v) is 17.9.